The number of anilines is 2. The van der Waals surface area contributed by atoms with Gasteiger partial charge in [-0.25, -0.2) is 8.42 Å². The van der Waals surface area contributed by atoms with Crippen LogP contribution in [-0.4, -0.2) is 31.8 Å². The Bertz CT molecular complexity index is 1840. The summed E-state index contributed by atoms with van der Waals surface area (Å²) in [6.07, 6.45) is 3.24. The second-order valence-electron chi connectivity index (χ2n) is 9.84. The van der Waals surface area contributed by atoms with Crippen molar-refractivity contribution in [2.45, 2.75) is 33.2 Å². The molecule has 0 saturated heterocycles. The molecule has 0 N–H and O–H groups in total. The summed E-state index contributed by atoms with van der Waals surface area (Å²) in [5.74, 6) is 0.806. The Kier molecular flexibility index (Phi) is 6.79. The van der Waals surface area contributed by atoms with E-state index in [-0.39, 0.29) is 5.75 Å². The van der Waals surface area contributed by atoms with Crippen LogP contribution in [0.5, 0.6) is 0 Å². The summed E-state index contributed by atoms with van der Waals surface area (Å²) in [6, 6.07) is 25.7. The van der Waals surface area contributed by atoms with Gasteiger partial charge in [-0.2, -0.15) is 4.57 Å². The van der Waals surface area contributed by atoms with Gasteiger partial charge in [0.05, 0.1) is 33.0 Å². The molecule has 6 rings (SSSR count). The lowest BCUT2D eigenvalue weighted by Gasteiger charge is -2.23. The summed E-state index contributed by atoms with van der Waals surface area (Å²) in [5, 5.41) is 5.92. The normalized spacial score (nSPS) is 14.8. The lowest BCUT2D eigenvalue weighted by Crippen LogP contribution is -2.36. The van der Waals surface area contributed by atoms with Gasteiger partial charge in [-0.3, -0.25) is 0 Å². The van der Waals surface area contributed by atoms with Crippen LogP contribution in [0.2, 0.25) is 0 Å². The standard InChI is InChI=1S/C31H31N3O3S2/c1-3-32-26-17-15-22-11-5-7-13-24(22)30(26)33(4-2)28(32)21-29-34(19-9-10-20-39(35,36)37)31-25-14-8-6-12-23(25)16-18-27(31)38-29/h5-8,11-18,21H,3-4,9-10,19-20H2,1-2H3. The first-order valence-electron chi connectivity index (χ1n) is 13.5. The van der Waals surface area contributed by atoms with E-state index in [1.54, 1.807) is 11.3 Å². The van der Waals surface area contributed by atoms with Crippen molar-refractivity contribution in [3.63, 3.8) is 0 Å². The molecule has 1 aliphatic heterocycles. The molecule has 2 heterocycles. The fraction of sp³-hybridized carbons (Fsp3) is 0.258. The van der Waals surface area contributed by atoms with Crippen LogP contribution in [0.3, 0.4) is 0 Å². The second kappa shape index (κ2) is 10.3. The second-order valence-corrected chi connectivity index (χ2v) is 12.4. The van der Waals surface area contributed by atoms with E-state index >= 15 is 0 Å². The van der Waals surface area contributed by atoms with Crippen LogP contribution >= 0.6 is 11.3 Å². The summed E-state index contributed by atoms with van der Waals surface area (Å²) in [7, 11) is -4.22. The molecule has 200 valence electrons. The predicted molar refractivity (Wildman–Crippen MR) is 161 cm³/mol. The molecule has 0 atom stereocenters. The van der Waals surface area contributed by atoms with Gasteiger partial charge in [-0.1, -0.05) is 65.9 Å². The van der Waals surface area contributed by atoms with Crippen LogP contribution in [0.15, 0.2) is 78.6 Å². The maximum absolute atomic E-state index is 11.2. The lowest BCUT2D eigenvalue weighted by molar-refractivity contribution is -0.668. The Hall–Kier alpha value is -3.46. The minimum atomic E-state index is -4.22. The van der Waals surface area contributed by atoms with E-state index in [1.165, 1.54) is 37.6 Å². The molecule has 0 radical (unpaired) electrons. The van der Waals surface area contributed by atoms with E-state index in [9.17, 15) is 13.0 Å². The maximum Gasteiger partial charge on any atom is 0.266 e. The molecule has 5 aromatic rings. The highest BCUT2D eigenvalue weighted by Crippen LogP contribution is 2.46. The van der Waals surface area contributed by atoms with E-state index in [4.69, 9.17) is 0 Å². The van der Waals surface area contributed by atoms with Crippen molar-refractivity contribution in [2.24, 2.45) is 0 Å². The van der Waals surface area contributed by atoms with Crippen LogP contribution in [0.4, 0.5) is 11.4 Å². The smallest absolute Gasteiger partial charge is 0.266 e. The van der Waals surface area contributed by atoms with Crippen molar-refractivity contribution in [1.29, 1.82) is 0 Å². The van der Waals surface area contributed by atoms with Crippen LogP contribution in [-0.2, 0) is 16.7 Å². The van der Waals surface area contributed by atoms with Crippen LogP contribution in [0, 0.1) is 0 Å². The Morgan fingerprint density at radius 1 is 0.846 bits per heavy atom. The highest BCUT2D eigenvalue weighted by atomic mass is 32.2. The van der Waals surface area contributed by atoms with Gasteiger partial charge in [0, 0.05) is 30.6 Å². The van der Waals surface area contributed by atoms with Crippen LogP contribution in [0.1, 0.15) is 31.7 Å². The molecule has 0 spiro atoms. The SMILES string of the molecule is CCN1C(=Cc2sc3ccc4ccccc4c3[n+]2CCCCS(=O)(=O)[O-])N(CC)c2c1ccc1ccccc21. The van der Waals surface area contributed by atoms with Gasteiger partial charge in [0.1, 0.15) is 10.5 Å². The molecule has 8 heteroatoms. The third kappa shape index (κ3) is 4.67. The zero-order valence-corrected chi connectivity index (χ0v) is 23.8. The van der Waals surface area contributed by atoms with Gasteiger partial charge in [0.2, 0.25) is 5.52 Å². The first-order chi connectivity index (χ1) is 18.9. The first kappa shape index (κ1) is 25.8. The van der Waals surface area contributed by atoms with Gasteiger partial charge in [-0.15, -0.1) is 0 Å². The molecular formula is C31H31N3O3S2. The fourth-order valence-electron chi connectivity index (χ4n) is 5.80. The highest BCUT2D eigenvalue weighted by Gasteiger charge is 2.33. The summed E-state index contributed by atoms with van der Waals surface area (Å²) in [5.41, 5.74) is 3.60. The minimum Gasteiger partial charge on any atom is -0.748 e. The van der Waals surface area contributed by atoms with E-state index in [2.05, 4.69) is 101 Å². The summed E-state index contributed by atoms with van der Waals surface area (Å²) >= 11 is 1.75. The number of nitrogens with zero attached hydrogens (tertiary/aromatic N) is 3. The van der Waals surface area contributed by atoms with Gasteiger partial charge in [0.25, 0.3) is 5.01 Å². The summed E-state index contributed by atoms with van der Waals surface area (Å²) in [6.45, 7) is 6.67. The van der Waals surface area contributed by atoms with Gasteiger partial charge >= 0.3 is 0 Å². The van der Waals surface area contributed by atoms with Crippen LogP contribution in [0.25, 0.3) is 37.8 Å². The Morgan fingerprint density at radius 2 is 1.51 bits per heavy atom. The molecule has 6 nitrogen and oxygen atoms in total. The molecule has 0 amide bonds. The van der Waals surface area contributed by atoms with E-state index in [0.29, 0.717) is 19.4 Å². The van der Waals surface area contributed by atoms with Crippen molar-refractivity contribution in [1.82, 2.24) is 0 Å². The number of hydrogen-bond donors (Lipinski definition) is 0. The Labute approximate surface area is 233 Å². The summed E-state index contributed by atoms with van der Waals surface area (Å²) < 4.78 is 37.2. The number of rotatable bonds is 8. The Morgan fingerprint density at radius 3 is 2.23 bits per heavy atom. The van der Waals surface area contributed by atoms with Crippen molar-refractivity contribution in [3.05, 3.63) is 83.6 Å². The average molecular weight is 558 g/mol. The van der Waals surface area contributed by atoms with E-state index in [1.807, 2.05) is 6.07 Å². The molecule has 0 saturated carbocycles. The molecule has 39 heavy (non-hydrogen) atoms. The number of unbranched alkanes of at least 4 members (excludes halogenated alkanes) is 1. The number of thiazole rings is 1. The van der Waals surface area contributed by atoms with Crippen molar-refractivity contribution in [2.75, 3.05) is 28.6 Å². The zero-order chi connectivity index (χ0) is 27.1. The first-order valence-corrected chi connectivity index (χ1v) is 15.8. The van der Waals surface area contributed by atoms with Crippen molar-refractivity contribution >= 4 is 70.7 Å². The molecule has 0 fully saturated rings. The highest BCUT2D eigenvalue weighted by molar-refractivity contribution is 7.85. The molecular weight excluding hydrogens is 526 g/mol. The molecule has 0 aliphatic carbocycles. The number of fused-ring (bicyclic) bond motifs is 6. The molecule has 1 aliphatic rings. The number of aryl methyl sites for hydroxylation is 1. The minimum absolute atomic E-state index is 0.331. The van der Waals surface area contributed by atoms with E-state index in [0.717, 1.165) is 29.4 Å². The van der Waals surface area contributed by atoms with Crippen molar-refractivity contribution in [3.8, 4) is 0 Å². The van der Waals surface area contributed by atoms with Gasteiger partial charge in [-0.05, 0) is 49.2 Å². The third-order valence-corrected chi connectivity index (χ3v) is 9.40. The largest absolute Gasteiger partial charge is 0.748 e. The average Bonchev–Trinajstić information content (AvgIpc) is 3.45. The fourth-order valence-corrected chi connectivity index (χ4v) is 7.49. The lowest BCUT2D eigenvalue weighted by atomic mass is 10.1. The molecule has 0 bridgehead atoms. The summed E-state index contributed by atoms with van der Waals surface area (Å²) in [4.78, 5) is 4.78. The predicted octanol–water partition coefficient (Wildman–Crippen LogP) is 6.49. The van der Waals surface area contributed by atoms with Gasteiger partial charge < -0.3 is 14.4 Å². The van der Waals surface area contributed by atoms with Crippen molar-refractivity contribution < 1.29 is 17.5 Å². The number of aromatic nitrogens is 1. The quantitative estimate of drug-likeness (QED) is 0.124. The third-order valence-electron chi connectivity index (χ3n) is 7.52. The maximum atomic E-state index is 11.2. The van der Waals surface area contributed by atoms with E-state index < -0.39 is 10.1 Å². The van der Waals surface area contributed by atoms with Gasteiger partial charge in [0.15, 0.2) is 6.54 Å². The van der Waals surface area contributed by atoms with Crippen LogP contribution < -0.4 is 14.4 Å². The zero-order valence-electron chi connectivity index (χ0n) is 22.1. The molecule has 4 aromatic carbocycles. The molecule has 1 aromatic heterocycles. The topological polar surface area (TPSA) is 67.6 Å². The number of benzene rings is 4. The molecule has 0 unspecified atom stereocenters. The monoisotopic (exact) mass is 557 g/mol. The number of hydrogen-bond acceptors (Lipinski definition) is 6. The Balaban J connectivity index is 1.51.